The van der Waals surface area contributed by atoms with Gasteiger partial charge in [-0.3, -0.25) is 4.79 Å². The number of nitrogens with two attached hydrogens (primary N) is 1. The second-order valence-electron chi connectivity index (χ2n) is 9.36. The molecule has 1 saturated carbocycles. The molecule has 5 rings (SSSR count). The maximum Gasteiger partial charge on any atom is 0.239 e. The number of fused-ring (bicyclic) bond motifs is 1. The van der Waals surface area contributed by atoms with E-state index in [9.17, 15) is 18.3 Å². The lowest BCUT2D eigenvalue weighted by atomic mass is 9.95. The van der Waals surface area contributed by atoms with Crippen LogP contribution in [0.4, 0.5) is 0 Å². The summed E-state index contributed by atoms with van der Waals surface area (Å²) in [5.74, 6) is 0.364. The summed E-state index contributed by atoms with van der Waals surface area (Å²) in [5.41, 5.74) is 7.56. The number of thioether (sulfide) groups is 1. The van der Waals surface area contributed by atoms with Gasteiger partial charge < -0.3 is 15.7 Å². The Morgan fingerprint density at radius 2 is 1.89 bits per heavy atom. The predicted molar refractivity (Wildman–Crippen MR) is 140 cm³/mol. The minimum atomic E-state index is -3.88. The van der Waals surface area contributed by atoms with Crippen LogP contribution in [-0.4, -0.2) is 58.9 Å². The van der Waals surface area contributed by atoms with Crippen LogP contribution in [0.3, 0.4) is 0 Å². The summed E-state index contributed by atoms with van der Waals surface area (Å²) in [4.78, 5) is 19.4. The van der Waals surface area contributed by atoms with E-state index in [2.05, 4.69) is 9.88 Å². The molecule has 0 spiro atoms. The van der Waals surface area contributed by atoms with Crippen molar-refractivity contribution in [3.05, 3.63) is 48.0 Å². The minimum absolute atomic E-state index is 0.173. The highest BCUT2D eigenvalue weighted by molar-refractivity contribution is 8.01. The minimum Gasteiger partial charge on any atom is -0.508 e. The van der Waals surface area contributed by atoms with Crippen molar-refractivity contribution in [3.63, 3.8) is 0 Å². The zero-order chi connectivity index (χ0) is 24.6. The van der Waals surface area contributed by atoms with E-state index in [0.29, 0.717) is 19.1 Å². The number of sulfone groups is 1. The molecular formula is C25H29N3O4S3. The fourth-order valence-corrected chi connectivity index (χ4v) is 8.78. The van der Waals surface area contributed by atoms with Gasteiger partial charge in [0, 0.05) is 31.0 Å². The van der Waals surface area contributed by atoms with Crippen molar-refractivity contribution in [2.75, 3.05) is 18.8 Å². The lowest BCUT2D eigenvalue weighted by Gasteiger charge is -2.39. The van der Waals surface area contributed by atoms with Gasteiger partial charge in [0.05, 0.1) is 15.1 Å². The number of phenolic OH excluding ortho intramolecular Hbond substituents is 1. The normalized spacial score (nSPS) is 18.6. The van der Waals surface area contributed by atoms with Crippen LogP contribution in [0.5, 0.6) is 5.75 Å². The van der Waals surface area contributed by atoms with Crippen LogP contribution < -0.4 is 5.73 Å². The molecule has 3 N–H and O–H groups in total. The van der Waals surface area contributed by atoms with E-state index >= 15 is 0 Å². The molecule has 1 amide bonds. The highest BCUT2D eigenvalue weighted by Gasteiger charge is 2.52. The fraction of sp³-hybridized carbons (Fsp3) is 0.440. The van der Waals surface area contributed by atoms with Gasteiger partial charge in [-0.05, 0) is 68.4 Å². The number of rotatable bonds is 9. The molecule has 35 heavy (non-hydrogen) atoms. The molecule has 7 nitrogen and oxygen atoms in total. The van der Waals surface area contributed by atoms with E-state index in [1.165, 1.54) is 0 Å². The zero-order valence-electron chi connectivity index (χ0n) is 19.4. The van der Waals surface area contributed by atoms with Gasteiger partial charge in [-0.1, -0.05) is 23.9 Å². The molecule has 1 aliphatic heterocycles. The van der Waals surface area contributed by atoms with E-state index in [1.54, 1.807) is 47.4 Å². The van der Waals surface area contributed by atoms with Crippen molar-refractivity contribution < 1.29 is 18.3 Å². The van der Waals surface area contributed by atoms with Crippen molar-refractivity contribution in [2.45, 2.75) is 58.5 Å². The maximum atomic E-state index is 13.5. The summed E-state index contributed by atoms with van der Waals surface area (Å²) in [6.07, 6.45) is 4.55. The molecule has 2 aromatic carbocycles. The van der Waals surface area contributed by atoms with Crippen molar-refractivity contribution in [3.8, 4) is 5.75 Å². The molecule has 0 radical (unpaired) electrons. The number of amides is 1. The van der Waals surface area contributed by atoms with Crippen LogP contribution >= 0.6 is 23.1 Å². The molecule has 3 aromatic rings. The van der Waals surface area contributed by atoms with Crippen molar-refractivity contribution >= 4 is 49.1 Å². The number of phenols is 1. The number of aryl methyl sites for hydroxylation is 1. The molecule has 186 valence electrons. The Kier molecular flexibility index (Phi) is 6.82. The Bertz CT molecular complexity index is 1330. The van der Waals surface area contributed by atoms with Gasteiger partial charge in [0.25, 0.3) is 0 Å². The van der Waals surface area contributed by atoms with Gasteiger partial charge in [0.2, 0.25) is 5.91 Å². The van der Waals surface area contributed by atoms with Gasteiger partial charge in [0.1, 0.15) is 5.75 Å². The number of thiazole rings is 1. The molecule has 2 fully saturated rings. The smallest absolute Gasteiger partial charge is 0.239 e. The summed E-state index contributed by atoms with van der Waals surface area (Å²) in [6, 6.07) is 12.7. The SMILES string of the molecule is NC(=O)C1(S(=O)(=O)c2ccc(CCCSc3nc4cc(O)ccc4s3)cc2)CCN(C2CC2)CC1. The van der Waals surface area contributed by atoms with E-state index in [4.69, 9.17) is 5.73 Å². The van der Waals surface area contributed by atoms with Crippen LogP contribution in [0.2, 0.25) is 0 Å². The number of piperidine rings is 1. The van der Waals surface area contributed by atoms with E-state index in [1.807, 2.05) is 18.2 Å². The third-order valence-electron chi connectivity index (χ3n) is 7.05. The lowest BCUT2D eigenvalue weighted by Crippen LogP contribution is -2.57. The van der Waals surface area contributed by atoms with Crippen LogP contribution in [0.1, 0.15) is 37.7 Å². The van der Waals surface area contributed by atoms with Crippen molar-refractivity contribution in [2.24, 2.45) is 5.73 Å². The average molecular weight is 532 g/mol. The Balaban J connectivity index is 1.19. The first-order valence-corrected chi connectivity index (χ1v) is 15.2. The first kappa shape index (κ1) is 24.5. The number of primary amides is 1. The number of carbonyl (C=O) groups is 1. The third-order valence-corrected chi connectivity index (χ3v) is 11.8. The fourth-order valence-electron chi connectivity index (χ4n) is 4.79. The van der Waals surface area contributed by atoms with Crippen LogP contribution in [0.25, 0.3) is 10.2 Å². The largest absolute Gasteiger partial charge is 0.508 e. The van der Waals surface area contributed by atoms with Gasteiger partial charge in [-0.25, -0.2) is 13.4 Å². The number of hydrogen-bond acceptors (Lipinski definition) is 8. The summed E-state index contributed by atoms with van der Waals surface area (Å²) in [7, 11) is -3.88. The summed E-state index contributed by atoms with van der Waals surface area (Å²) < 4.78 is 27.5. The Hall–Kier alpha value is -2.14. The maximum absolute atomic E-state index is 13.5. The van der Waals surface area contributed by atoms with E-state index in [0.717, 1.165) is 51.6 Å². The standard InChI is InChI=1S/C25H29N3O4S3/c26-23(30)25(11-13-28(14-12-25)18-5-6-18)35(31,32)20-8-3-17(4-9-20)2-1-15-33-24-27-21-16-19(29)7-10-22(21)34-24/h3-4,7-10,16,18,29H,1-2,5-6,11-15H2,(H2,26,30). The van der Waals surface area contributed by atoms with Crippen LogP contribution in [0.15, 0.2) is 51.7 Å². The van der Waals surface area contributed by atoms with E-state index in [-0.39, 0.29) is 23.5 Å². The molecule has 10 heteroatoms. The Morgan fingerprint density at radius 3 is 2.54 bits per heavy atom. The monoisotopic (exact) mass is 531 g/mol. The van der Waals surface area contributed by atoms with Gasteiger partial charge in [-0.15, -0.1) is 11.3 Å². The molecular weight excluding hydrogens is 502 g/mol. The molecule has 2 aliphatic rings. The highest BCUT2D eigenvalue weighted by atomic mass is 32.2. The van der Waals surface area contributed by atoms with Crippen LogP contribution in [0, 0.1) is 0 Å². The average Bonchev–Trinajstić information content (AvgIpc) is 3.62. The topological polar surface area (TPSA) is 114 Å². The highest BCUT2D eigenvalue weighted by Crippen LogP contribution is 2.39. The molecule has 0 atom stereocenters. The summed E-state index contributed by atoms with van der Waals surface area (Å²) in [5, 5.41) is 9.59. The van der Waals surface area contributed by atoms with Crippen LogP contribution in [-0.2, 0) is 21.1 Å². The van der Waals surface area contributed by atoms with Crippen molar-refractivity contribution in [1.82, 2.24) is 9.88 Å². The molecule has 1 aromatic heterocycles. The first-order chi connectivity index (χ1) is 16.8. The third kappa shape index (κ3) is 4.94. The second-order valence-corrected chi connectivity index (χ2v) is 14.0. The number of nitrogens with zero attached hydrogens (tertiary/aromatic N) is 2. The number of carbonyl (C=O) groups excluding carboxylic acids is 1. The van der Waals surface area contributed by atoms with Crippen molar-refractivity contribution in [1.29, 1.82) is 0 Å². The number of likely N-dealkylation sites (tertiary alicyclic amines) is 1. The van der Waals surface area contributed by atoms with Gasteiger partial charge in [-0.2, -0.15) is 0 Å². The molecule has 1 saturated heterocycles. The molecule has 1 aliphatic carbocycles. The number of aromatic nitrogens is 1. The number of hydrogen-bond donors (Lipinski definition) is 2. The first-order valence-electron chi connectivity index (χ1n) is 11.9. The molecule has 2 heterocycles. The molecule has 0 bridgehead atoms. The number of benzene rings is 2. The lowest BCUT2D eigenvalue weighted by molar-refractivity contribution is -0.121. The zero-order valence-corrected chi connectivity index (χ0v) is 21.8. The number of aromatic hydroxyl groups is 1. The van der Waals surface area contributed by atoms with Gasteiger partial charge >= 0.3 is 0 Å². The Morgan fingerprint density at radius 1 is 1.17 bits per heavy atom. The summed E-state index contributed by atoms with van der Waals surface area (Å²) in [6.45, 7) is 1.19. The summed E-state index contributed by atoms with van der Waals surface area (Å²) >= 11 is 3.29. The quantitative estimate of drug-likeness (QED) is 0.317. The van der Waals surface area contributed by atoms with Gasteiger partial charge in [0.15, 0.2) is 18.9 Å². The second kappa shape index (κ2) is 9.72. The molecule has 0 unspecified atom stereocenters. The predicted octanol–water partition coefficient (Wildman–Crippen LogP) is 3.98. The van der Waals surface area contributed by atoms with E-state index < -0.39 is 20.5 Å². The Labute approximate surface area is 213 Å².